The molecule has 1 amide bonds. The third-order valence-corrected chi connectivity index (χ3v) is 5.41. The van der Waals surface area contributed by atoms with Gasteiger partial charge in [0.05, 0.1) is 24.9 Å². The van der Waals surface area contributed by atoms with Crippen molar-refractivity contribution in [2.45, 2.75) is 6.92 Å². The molecule has 0 saturated carbocycles. The van der Waals surface area contributed by atoms with Crippen LogP contribution in [-0.2, 0) is 9.53 Å². The monoisotopic (exact) mass is 435 g/mol. The second-order valence-electron chi connectivity index (χ2n) is 7.56. The number of anilines is 2. The topological polar surface area (TPSA) is 105 Å². The molecule has 0 radical (unpaired) electrons. The maximum absolute atomic E-state index is 12.6. The highest BCUT2D eigenvalue weighted by Crippen LogP contribution is 2.19. The van der Waals surface area contributed by atoms with Crippen molar-refractivity contribution in [1.82, 2.24) is 25.1 Å². The molecule has 0 aliphatic carbocycles. The molecule has 4 rings (SSSR count). The van der Waals surface area contributed by atoms with E-state index in [-0.39, 0.29) is 12.5 Å². The Balaban J connectivity index is 1.34. The van der Waals surface area contributed by atoms with E-state index in [2.05, 4.69) is 30.6 Å². The van der Waals surface area contributed by atoms with Crippen molar-refractivity contribution in [3.05, 3.63) is 59.7 Å². The van der Waals surface area contributed by atoms with Gasteiger partial charge in [-0.1, -0.05) is 29.4 Å². The third kappa shape index (κ3) is 4.75. The largest absolute Gasteiger partial charge is 0.465 e. The molecule has 10 nitrogen and oxygen atoms in total. The number of piperazine rings is 1. The zero-order valence-corrected chi connectivity index (χ0v) is 18.1. The van der Waals surface area contributed by atoms with Gasteiger partial charge in [0.2, 0.25) is 11.9 Å². The van der Waals surface area contributed by atoms with Crippen LogP contribution in [0.15, 0.2) is 48.5 Å². The van der Waals surface area contributed by atoms with Gasteiger partial charge in [-0.2, -0.15) is 4.68 Å². The van der Waals surface area contributed by atoms with Crippen LogP contribution in [0.5, 0.6) is 0 Å². The van der Waals surface area contributed by atoms with E-state index in [1.807, 2.05) is 37.3 Å². The summed E-state index contributed by atoms with van der Waals surface area (Å²) in [5, 5.41) is 15.0. The van der Waals surface area contributed by atoms with Crippen molar-refractivity contribution >= 4 is 23.5 Å². The lowest BCUT2D eigenvalue weighted by molar-refractivity contribution is -0.117. The Hall–Kier alpha value is -3.79. The SMILES string of the molecule is COC(=O)c1ccc(C)c(NC(=O)CN2CCN(c3nnnn3-c3ccccc3)CC2)c1. The lowest BCUT2D eigenvalue weighted by Crippen LogP contribution is -2.49. The number of amides is 1. The number of carbonyl (C=O) groups excluding carboxylic acids is 2. The van der Waals surface area contributed by atoms with Crippen LogP contribution in [-0.4, -0.2) is 76.8 Å². The molecule has 32 heavy (non-hydrogen) atoms. The van der Waals surface area contributed by atoms with Crippen LogP contribution in [0, 0.1) is 6.92 Å². The van der Waals surface area contributed by atoms with Crippen LogP contribution in [0.3, 0.4) is 0 Å². The van der Waals surface area contributed by atoms with Crippen LogP contribution < -0.4 is 10.2 Å². The first kappa shape index (κ1) is 21.4. The highest BCUT2D eigenvalue weighted by Gasteiger charge is 2.23. The minimum atomic E-state index is -0.436. The van der Waals surface area contributed by atoms with E-state index in [0.717, 1.165) is 11.3 Å². The van der Waals surface area contributed by atoms with Crippen molar-refractivity contribution < 1.29 is 14.3 Å². The van der Waals surface area contributed by atoms with E-state index in [1.165, 1.54) is 7.11 Å². The van der Waals surface area contributed by atoms with Crippen LogP contribution in [0.4, 0.5) is 11.6 Å². The molecule has 0 bridgehead atoms. The van der Waals surface area contributed by atoms with E-state index >= 15 is 0 Å². The molecule has 1 aromatic heterocycles. The van der Waals surface area contributed by atoms with Gasteiger partial charge in [-0.25, -0.2) is 4.79 Å². The van der Waals surface area contributed by atoms with Gasteiger partial charge in [0, 0.05) is 31.9 Å². The standard InChI is InChI=1S/C22H25N7O3/c1-16-8-9-17(21(31)32-2)14-19(16)23-20(30)15-27-10-12-28(13-11-27)22-24-25-26-29(22)18-6-4-3-5-7-18/h3-9,14H,10-13,15H2,1-2H3,(H,23,30). The number of tetrazole rings is 1. The third-order valence-electron chi connectivity index (χ3n) is 5.41. The average molecular weight is 435 g/mol. The van der Waals surface area contributed by atoms with E-state index in [4.69, 9.17) is 4.74 Å². The summed E-state index contributed by atoms with van der Waals surface area (Å²) in [6.07, 6.45) is 0. The predicted octanol–water partition coefficient (Wildman–Crippen LogP) is 1.52. The number of benzene rings is 2. The summed E-state index contributed by atoms with van der Waals surface area (Å²) in [5.74, 6) is 0.128. The predicted molar refractivity (Wildman–Crippen MR) is 119 cm³/mol. The summed E-state index contributed by atoms with van der Waals surface area (Å²) in [7, 11) is 1.33. The summed E-state index contributed by atoms with van der Waals surface area (Å²) in [6, 6.07) is 14.9. The second kappa shape index (κ2) is 9.56. The Morgan fingerprint density at radius 2 is 1.81 bits per heavy atom. The Kier molecular flexibility index (Phi) is 6.41. The maximum Gasteiger partial charge on any atom is 0.337 e. The van der Waals surface area contributed by atoms with Crippen molar-refractivity contribution in [2.24, 2.45) is 0 Å². The highest BCUT2D eigenvalue weighted by molar-refractivity contribution is 5.96. The number of rotatable bonds is 6. The zero-order valence-electron chi connectivity index (χ0n) is 18.1. The number of aryl methyl sites for hydroxylation is 1. The lowest BCUT2D eigenvalue weighted by atomic mass is 10.1. The van der Waals surface area contributed by atoms with Gasteiger partial charge >= 0.3 is 5.97 Å². The van der Waals surface area contributed by atoms with Crippen molar-refractivity contribution in [3.63, 3.8) is 0 Å². The quantitative estimate of drug-likeness (QED) is 0.581. The molecule has 2 heterocycles. The Morgan fingerprint density at radius 1 is 1.06 bits per heavy atom. The van der Waals surface area contributed by atoms with Gasteiger partial charge in [-0.05, 0) is 47.2 Å². The molecule has 1 fully saturated rings. The van der Waals surface area contributed by atoms with Gasteiger partial charge in [0.15, 0.2) is 0 Å². The number of hydrogen-bond acceptors (Lipinski definition) is 8. The minimum Gasteiger partial charge on any atom is -0.465 e. The number of hydrogen-bond donors (Lipinski definition) is 1. The number of methoxy groups -OCH3 is 1. The molecule has 0 unspecified atom stereocenters. The maximum atomic E-state index is 12.6. The van der Waals surface area contributed by atoms with Crippen LogP contribution >= 0.6 is 0 Å². The molecule has 3 aromatic rings. The molecule has 166 valence electrons. The molecule has 0 spiro atoms. The number of para-hydroxylation sites is 1. The lowest BCUT2D eigenvalue weighted by Gasteiger charge is -2.34. The van der Waals surface area contributed by atoms with Crippen LogP contribution in [0.25, 0.3) is 5.69 Å². The van der Waals surface area contributed by atoms with Crippen molar-refractivity contribution in [3.8, 4) is 5.69 Å². The van der Waals surface area contributed by atoms with E-state index in [9.17, 15) is 9.59 Å². The number of ether oxygens (including phenoxy) is 1. The molecular formula is C22H25N7O3. The van der Waals surface area contributed by atoms with Gasteiger partial charge in [-0.3, -0.25) is 9.69 Å². The number of aromatic nitrogens is 4. The smallest absolute Gasteiger partial charge is 0.337 e. The Labute approximate surface area is 185 Å². The summed E-state index contributed by atoms with van der Waals surface area (Å²) in [4.78, 5) is 28.6. The first-order chi connectivity index (χ1) is 15.5. The molecule has 1 N–H and O–H groups in total. The highest BCUT2D eigenvalue weighted by atomic mass is 16.5. The Morgan fingerprint density at radius 3 is 2.53 bits per heavy atom. The van der Waals surface area contributed by atoms with Crippen LogP contribution in [0.2, 0.25) is 0 Å². The fourth-order valence-corrected chi connectivity index (χ4v) is 3.62. The molecule has 1 aliphatic heterocycles. The summed E-state index contributed by atoms with van der Waals surface area (Å²) >= 11 is 0. The molecule has 1 aliphatic rings. The molecule has 1 saturated heterocycles. The normalized spacial score (nSPS) is 14.2. The molecular weight excluding hydrogens is 410 g/mol. The fourth-order valence-electron chi connectivity index (χ4n) is 3.62. The first-order valence-electron chi connectivity index (χ1n) is 10.3. The van der Waals surface area contributed by atoms with E-state index < -0.39 is 5.97 Å². The molecule has 2 aromatic carbocycles. The van der Waals surface area contributed by atoms with Gasteiger partial charge in [-0.15, -0.1) is 0 Å². The van der Waals surface area contributed by atoms with Gasteiger partial charge in [0.1, 0.15) is 0 Å². The second-order valence-corrected chi connectivity index (χ2v) is 7.56. The number of carbonyl (C=O) groups is 2. The van der Waals surface area contributed by atoms with Crippen LogP contribution in [0.1, 0.15) is 15.9 Å². The first-order valence-corrected chi connectivity index (χ1v) is 10.3. The summed E-state index contributed by atoms with van der Waals surface area (Å²) < 4.78 is 6.48. The van der Waals surface area contributed by atoms with Crippen molar-refractivity contribution in [2.75, 3.05) is 50.1 Å². The zero-order chi connectivity index (χ0) is 22.5. The van der Waals surface area contributed by atoms with E-state index in [0.29, 0.717) is 43.4 Å². The number of nitrogens with one attached hydrogen (secondary N) is 1. The average Bonchev–Trinajstić information content (AvgIpc) is 3.31. The molecule has 10 heteroatoms. The van der Waals surface area contributed by atoms with Gasteiger partial charge < -0.3 is 15.0 Å². The fraction of sp³-hybridized carbons (Fsp3) is 0.318. The van der Waals surface area contributed by atoms with Gasteiger partial charge in [0.25, 0.3) is 0 Å². The van der Waals surface area contributed by atoms with Crippen molar-refractivity contribution in [1.29, 1.82) is 0 Å². The summed E-state index contributed by atoms with van der Waals surface area (Å²) in [5.41, 5.74) is 2.79. The number of esters is 1. The molecule has 0 atom stereocenters. The minimum absolute atomic E-state index is 0.127. The van der Waals surface area contributed by atoms with E-state index in [1.54, 1.807) is 22.9 Å². The number of nitrogens with zero attached hydrogens (tertiary/aromatic N) is 6. The Bertz CT molecular complexity index is 1090. The summed E-state index contributed by atoms with van der Waals surface area (Å²) in [6.45, 7) is 4.97.